The van der Waals surface area contributed by atoms with Gasteiger partial charge in [-0.2, -0.15) is 0 Å². The molecular formula is C27H34N4O4. The van der Waals surface area contributed by atoms with Crippen LogP contribution in [0, 0.1) is 5.41 Å². The van der Waals surface area contributed by atoms with E-state index in [1.807, 2.05) is 46.2 Å². The first kappa shape index (κ1) is 23.6. The van der Waals surface area contributed by atoms with Crippen LogP contribution < -0.4 is 10.2 Å². The van der Waals surface area contributed by atoms with Crippen LogP contribution in [0.25, 0.3) is 0 Å². The van der Waals surface area contributed by atoms with E-state index < -0.39 is 6.04 Å². The summed E-state index contributed by atoms with van der Waals surface area (Å²) >= 11 is 0. The lowest BCUT2D eigenvalue weighted by atomic mass is 9.74. The molecule has 0 radical (unpaired) electrons. The zero-order valence-corrected chi connectivity index (χ0v) is 20.5. The molecule has 0 spiro atoms. The fourth-order valence-corrected chi connectivity index (χ4v) is 5.58. The number of benzene rings is 1. The molecule has 1 atom stereocenters. The van der Waals surface area contributed by atoms with E-state index in [9.17, 15) is 14.7 Å². The number of carbonyl (C=O) groups is 2. The third-order valence-electron chi connectivity index (χ3n) is 7.26. The summed E-state index contributed by atoms with van der Waals surface area (Å²) < 4.78 is 5.88. The van der Waals surface area contributed by atoms with Gasteiger partial charge in [-0.3, -0.25) is 14.5 Å². The monoisotopic (exact) mass is 478 g/mol. The fraction of sp³-hybridized carbons (Fsp3) is 0.481. The second kappa shape index (κ2) is 9.51. The Morgan fingerprint density at radius 3 is 2.60 bits per heavy atom. The van der Waals surface area contributed by atoms with Gasteiger partial charge in [-0.1, -0.05) is 26.0 Å². The van der Waals surface area contributed by atoms with Crippen LogP contribution in [-0.4, -0.2) is 72.5 Å². The minimum Gasteiger partial charge on any atom is -0.467 e. The highest BCUT2D eigenvalue weighted by Gasteiger charge is 2.43. The first-order valence-corrected chi connectivity index (χ1v) is 12.4. The molecule has 2 aliphatic heterocycles. The third kappa shape index (κ3) is 4.73. The van der Waals surface area contributed by atoms with Crippen LogP contribution in [0.1, 0.15) is 38.5 Å². The number of nitrogens with zero attached hydrogens (tertiary/aromatic N) is 3. The maximum atomic E-state index is 13.6. The molecule has 0 saturated carbocycles. The largest absolute Gasteiger partial charge is 0.467 e. The van der Waals surface area contributed by atoms with Crippen LogP contribution in [-0.2, 0) is 9.59 Å². The Morgan fingerprint density at radius 1 is 1.11 bits per heavy atom. The van der Waals surface area contributed by atoms with Gasteiger partial charge in [0.15, 0.2) is 5.78 Å². The highest BCUT2D eigenvalue weighted by molar-refractivity contribution is 6.01. The number of furan rings is 1. The lowest BCUT2D eigenvalue weighted by Gasteiger charge is -2.39. The van der Waals surface area contributed by atoms with Crippen molar-refractivity contribution in [1.29, 1.82) is 0 Å². The summed E-state index contributed by atoms with van der Waals surface area (Å²) in [6, 6.07) is 11.2. The minimum absolute atomic E-state index is 0.0210. The molecule has 3 heterocycles. The lowest BCUT2D eigenvalue weighted by Crippen LogP contribution is -2.52. The molecule has 3 aliphatic rings. The van der Waals surface area contributed by atoms with E-state index in [1.54, 1.807) is 6.26 Å². The van der Waals surface area contributed by atoms with Gasteiger partial charge in [0.05, 0.1) is 30.8 Å². The first-order chi connectivity index (χ1) is 16.9. The number of fused-ring (bicyclic) bond motifs is 1. The number of aliphatic hydroxyl groups is 1. The topological polar surface area (TPSA) is 89.3 Å². The molecule has 0 unspecified atom stereocenters. The van der Waals surface area contributed by atoms with E-state index in [-0.39, 0.29) is 30.3 Å². The van der Waals surface area contributed by atoms with Gasteiger partial charge in [0.25, 0.3) is 0 Å². The van der Waals surface area contributed by atoms with Gasteiger partial charge >= 0.3 is 0 Å². The van der Waals surface area contributed by atoms with Gasteiger partial charge in [-0.25, -0.2) is 0 Å². The van der Waals surface area contributed by atoms with Crippen LogP contribution in [0.3, 0.4) is 0 Å². The number of Topliss-reactive ketones (excluding diaryl/α,β-unsaturated/α-hetero) is 1. The number of allylic oxidation sites excluding steroid dienone is 1. The summed E-state index contributed by atoms with van der Waals surface area (Å²) in [6.07, 6.45) is 2.82. The Morgan fingerprint density at radius 2 is 1.89 bits per heavy atom. The van der Waals surface area contributed by atoms with Crippen molar-refractivity contribution in [2.75, 3.05) is 56.1 Å². The van der Waals surface area contributed by atoms with Crippen LogP contribution >= 0.6 is 0 Å². The van der Waals surface area contributed by atoms with E-state index in [2.05, 4.69) is 24.1 Å². The van der Waals surface area contributed by atoms with Crippen molar-refractivity contribution in [1.82, 2.24) is 9.80 Å². The zero-order valence-electron chi connectivity index (χ0n) is 20.5. The quantitative estimate of drug-likeness (QED) is 0.683. The Hall–Kier alpha value is -3.10. The number of piperazine rings is 1. The Bertz CT molecular complexity index is 1120. The molecule has 1 saturated heterocycles. The predicted molar refractivity (Wildman–Crippen MR) is 134 cm³/mol. The fourth-order valence-electron chi connectivity index (χ4n) is 5.58. The Kier molecular flexibility index (Phi) is 6.42. The second-order valence-corrected chi connectivity index (χ2v) is 10.5. The lowest BCUT2D eigenvalue weighted by molar-refractivity contribution is -0.131. The number of hydrogen-bond acceptors (Lipinski definition) is 7. The molecule has 186 valence electrons. The van der Waals surface area contributed by atoms with Crippen molar-refractivity contribution in [3.63, 3.8) is 0 Å². The standard InChI is InChI=1S/C27H34N4O4/c1-27(2)16-20-25(22(33)17-27)26(23-8-5-15-35-23)31(21-7-4-3-6-19(21)28-20)18-24(34)30-11-9-29(10-12-30)13-14-32/h3-8,15,26,28,32H,9-14,16-18H2,1-2H3/t26-/m1/s1. The molecule has 8 nitrogen and oxygen atoms in total. The molecule has 1 amide bonds. The number of ketones is 1. The maximum Gasteiger partial charge on any atom is 0.242 e. The normalized spacial score (nSPS) is 22.4. The number of anilines is 2. The summed E-state index contributed by atoms with van der Waals surface area (Å²) in [4.78, 5) is 33.3. The number of hydrogen-bond donors (Lipinski definition) is 2. The predicted octanol–water partition coefficient (Wildman–Crippen LogP) is 3.03. The van der Waals surface area contributed by atoms with E-state index in [4.69, 9.17) is 4.42 Å². The van der Waals surface area contributed by atoms with E-state index in [0.29, 0.717) is 37.4 Å². The maximum absolute atomic E-state index is 13.6. The van der Waals surface area contributed by atoms with Crippen molar-refractivity contribution in [3.8, 4) is 0 Å². The van der Waals surface area contributed by atoms with Gasteiger partial charge < -0.3 is 24.6 Å². The molecular weight excluding hydrogens is 444 g/mol. The van der Waals surface area contributed by atoms with E-state index in [0.717, 1.165) is 36.6 Å². The average Bonchev–Trinajstić information content (AvgIpc) is 3.31. The van der Waals surface area contributed by atoms with Crippen LogP contribution in [0.15, 0.2) is 58.3 Å². The van der Waals surface area contributed by atoms with Gasteiger partial charge in [-0.05, 0) is 36.1 Å². The third-order valence-corrected chi connectivity index (χ3v) is 7.26. The van der Waals surface area contributed by atoms with E-state index >= 15 is 0 Å². The minimum atomic E-state index is -0.487. The van der Waals surface area contributed by atoms with Gasteiger partial charge in [0.1, 0.15) is 11.8 Å². The highest BCUT2D eigenvalue weighted by Crippen LogP contribution is 2.48. The molecule has 1 aromatic heterocycles. The number of β-amino-alcohol motifs (C(OH)–C–C–N with tert-alkyl or cyclic N) is 1. The molecule has 1 aliphatic carbocycles. The summed E-state index contributed by atoms with van der Waals surface area (Å²) in [5.74, 6) is 0.769. The Balaban J connectivity index is 1.53. The average molecular weight is 479 g/mol. The van der Waals surface area contributed by atoms with Crippen molar-refractivity contribution >= 4 is 23.1 Å². The smallest absolute Gasteiger partial charge is 0.242 e. The summed E-state index contributed by atoms with van der Waals surface area (Å²) in [5.41, 5.74) is 3.22. The van der Waals surface area contributed by atoms with Gasteiger partial charge in [-0.15, -0.1) is 0 Å². The molecule has 1 aromatic carbocycles. The van der Waals surface area contributed by atoms with Crippen molar-refractivity contribution in [3.05, 3.63) is 59.7 Å². The van der Waals surface area contributed by atoms with Crippen molar-refractivity contribution in [2.24, 2.45) is 5.41 Å². The van der Waals surface area contributed by atoms with Crippen molar-refractivity contribution in [2.45, 2.75) is 32.7 Å². The van der Waals surface area contributed by atoms with Crippen molar-refractivity contribution < 1.29 is 19.1 Å². The number of carbonyl (C=O) groups excluding carboxylic acids is 2. The molecule has 2 aromatic rings. The molecule has 1 fully saturated rings. The number of aliphatic hydroxyl groups excluding tert-OH is 1. The highest BCUT2D eigenvalue weighted by atomic mass is 16.3. The van der Waals surface area contributed by atoms with E-state index in [1.165, 1.54) is 0 Å². The number of nitrogens with one attached hydrogen (secondary N) is 1. The second-order valence-electron chi connectivity index (χ2n) is 10.5. The molecule has 35 heavy (non-hydrogen) atoms. The molecule has 2 N–H and O–H groups in total. The van der Waals surface area contributed by atoms with Gasteiger partial charge in [0, 0.05) is 50.4 Å². The number of para-hydroxylation sites is 2. The zero-order chi connectivity index (χ0) is 24.6. The first-order valence-electron chi connectivity index (χ1n) is 12.4. The summed E-state index contributed by atoms with van der Waals surface area (Å²) in [7, 11) is 0. The van der Waals surface area contributed by atoms with Gasteiger partial charge in [0.2, 0.25) is 5.91 Å². The van der Waals surface area contributed by atoms with Crippen LogP contribution in [0.2, 0.25) is 0 Å². The number of rotatable bonds is 5. The SMILES string of the molecule is CC1(C)CC(=O)C2=C(C1)Nc1ccccc1N(CC(=O)N1CCN(CCO)CC1)[C@@H]2c1ccco1. The molecule has 8 heteroatoms. The molecule has 0 bridgehead atoms. The van der Waals surface area contributed by atoms with Crippen LogP contribution in [0.5, 0.6) is 0 Å². The number of amides is 1. The Labute approximate surface area is 206 Å². The summed E-state index contributed by atoms with van der Waals surface area (Å²) in [6.45, 7) is 7.86. The van der Waals surface area contributed by atoms with Crippen LogP contribution in [0.4, 0.5) is 11.4 Å². The molecule has 5 rings (SSSR count). The summed E-state index contributed by atoms with van der Waals surface area (Å²) in [5, 5.41) is 12.8.